The summed E-state index contributed by atoms with van der Waals surface area (Å²) in [5.74, 6) is 1.35. The van der Waals surface area contributed by atoms with Crippen molar-refractivity contribution in [3.8, 4) is 11.5 Å². The second kappa shape index (κ2) is 8.59. The first kappa shape index (κ1) is 20.1. The molecule has 1 aliphatic heterocycles. The van der Waals surface area contributed by atoms with E-state index in [2.05, 4.69) is 10.2 Å². The molecule has 0 atom stereocenters. The molecule has 28 heavy (non-hydrogen) atoms. The number of nitrogens with zero attached hydrogens (tertiary/aromatic N) is 1. The fourth-order valence-corrected chi connectivity index (χ4v) is 3.37. The van der Waals surface area contributed by atoms with Crippen LogP contribution in [0, 0.1) is 0 Å². The number of carbonyl (C=O) groups excluding carboxylic acids is 1. The van der Waals surface area contributed by atoms with Crippen LogP contribution in [-0.4, -0.2) is 39.1 Å². The molecule has 0 aliphatic carbocycles. The predicted octanol–water partition coefficient (Wildman–Crippen LogP) is 1.91. The van der Waals surface area contributed by atoms with Gasteiger partial charge in [-0.15, -0.1) is 0 Å². The number of benzene rings is 2. The molecular formula is C19H23N3O5S. The van der Waals surface area contributed by atoms with E-state index in [-0.39, 0.29) is 17.6 Å². The molecule has 0 saturated carbocycles. The molecule has 0 unspecified atom stereocenters. The van der Waals surface area contributed by atoms with Crippen molar-refractivity contribution >= 4 is 21.6 Å². The number of hydrogen-bond acceptors (Lipinski definition) is 6. The van der Waals surface area contributed by atoms with Crippen molar-refractivity contribution in [1.82, 2.24) is 4.90 Å². The summed E-state index contributed by atoms with van der Waals surface area (Å²) >= 11 is 0. The average molecular weight is 405 g/mol. The summed E-state index contributed by atoms with van der Waals surface area (Å²) in [5.41, 5.74) is 1.61. The molecule has 0 bridgehead atoms. The summed E-state index contributed by atoms with van der Waals surface area (Å²) in [6.07, 6.45) is 0.315. The lowest BCUT2D eigenvalue weighted by Crippen LogP contribution is -2.27. The normalized spacial score (nSPS) is 13.0. The number of fused-ring (bicyclic) bond motifs is 1. The highest BCUT2D eigenvalue weighted by Gasteiger charge is 2.15. The number of ether oxygens (including phenoxy) is 2. The van der Waals surface area contributed by atoms with Gasteiger partial charge in [-0.1, -0.05) is 13.0 Å². The third-order valence-electron chi connectivity index (χ3n) is 4.41. The van der Waals surface area contributed by atoms with Crippen LogP contribution in [0.3, 0.4) is 0 Å². The average Bonchev–Trinajstić information content (AvgIpc) is 3.12. The van der Waals surface area contributed by atoms with Crippen LogP contribution >= 0.6 is 0 Å². The van der Waals surface area contributed by atoms with Gasteiger partial charge in [-0.2, -0.15) is 0 Å². The number of anilines is 1. The maximum absolute atomic E-state index is 12.2. The third kappa shape index (κ3) is 5.22. The molecule has 0 spiro atoms. The van der Waals surface area contributed by atoms with Gasteiger partial charge in [0, 0.05) is 25.2 Å². The number of rotatable bonds is 8. The standard InChI is InChI=1S/C19H23N3O5S/c1-2-22(12-14-3-8-17-18(11-14)27-13-26-17)10-9-19(23)21-15-4-6-16(7-5-15)28(20,24)25/h3-8,11H,2,9-10,12-13H2,1H3,(H,21,23)(H2,20,24,25). The first-order valence-corrected chi connectivity index (χ1v) is 10.4. The maximum Gasteiger partial charge on any atom is 0.238 e. The van der Waals surface area contributed by atoms with Gasteiger partial charge >= 0.3 is 0 Å². The van der Waals surface area contributed by atoms with E-state index in [4.69, 9.17) is 14.6 Å². The topological polar surface area (TPSA) is 111 Å². The highest BCUT2D eigenvalue weighted by molar-refractivity contribution is 7.89. The lowest BCUT2D eigenvalue weighted by Gasteiger charge is -2.20. The van der Waals surface area contributed by atoms with Crippen molar-refractivity contribution < 1.29 is 22.7 Å². The van der Waals surface area contributed by atoms with E-state index in [1.165, 1.54) is 24.3 Å². The SMILES string of the molecule is CCN(CCC(=O)Nc1ccc(S(N)(=O)=O)cc1)Cc1ccc2c(c1)OCO2. The molecule has 3 N–H and O–H groups in total. The van der Waals surface area contributed by atoms with Crippen LogP contribution in [-0.2, 0) is 21.4 Å². The molecule has 9 heteroatoms. The minimum Gasteiger partial charge on any atom is -0.454 e. The van der Waals surface area contributed by atoms with Crippen LogP contribution in [0.25, 0.3) is 0 Å². The molecule has 0 fully saturated rings. The van der Waals surface area contributed by atoms with Crippen molar-refractivity contribution in [2.75, 3.05) is 25.2 Å². The summed E-state index contributed by atoms with van der Waals surface area (Å²) < 4.78 is 33.2. The highest BCUT2D eigenvalue weighted by Crippen LogP contribution is 2.32. The summed E-state index contributed by atoms with van der Waals surface area (Å²) in [6, 6.07) is 11.6. The molecule has 0 aromatic heterocycles. The number of sulfonamides is 1. The van der Waals surface area contributed by atoms with Gasteiger partial charge in [0.2, 0.25) is 22.7 Å². The molecular weight excluding hydrogens is 382 g/mol. The lowest BCUT2D eigenvalue weighted by molar-refractivity contribution is -0.116. The molecule has 0 radical (unpaired) electrons. The molecule has 3 rings (SSSR count). The minimum atomic E-state index is -3.74. The van der Waals surface area contributed by atoms with Crippen molar-refractivity contribution in [2.24, 2.45) is 5.14 Å². The Hall–Kier alpha value is -2.62. The fourth-order valence-electron chi connectivity index (χ4n) is 2.86. The molecule has 1 aliphatic rings. The second-order valence-electron chi connectivity index (χ2n) is 6.42. The Morgan fingerprint density at radius 1 is 1.14 bits per heavy atom. The number of carbonyl (C=O) groups is 1. The van der Waals surface area contributed by atoms with E-state index in [0.29, 0.717) is 25.2 Å². The van der Waals surface area contributed by atoms with Crippen molar-refractivity contribution in [2.45, 2.75) is 24.8 Å². The largest absolute Gasteiger partial charge is 0.454 e. The second-order valence-corrected chi connectivity index (χ2v) is 7.99. The van der Waals surface area contributed by atoms with Crippen molar-refractivity contribution in [3.63, 3.8) is 0 Å². The zero-order valence-corrected chi connectivity index (χ0v) is 16.4. The Morgan fingerprint density at radius 2 is 1.86 bits per heavy atom. The first-order chi connectivity index (χ1) is 13.3. The van der Waals surface area contributed by atoms with Crippen LogP contribution in [0.1, 0.15) is 18.9 Å². The van der Waals surface area contributed by atoms with Crippen LogP contribution in [0.15, 0.2) is 47.4 Å². The van der Waals surface area contributed by atoms with Crippen molar-refractivity contribution in [1.29, 1.82) is 0 Å². The lowest BCUT2D eigenvalue weighted by atomic mass is 10.2. The quantitative estimate of drug-likeness (QED) is 0.694. The molecule has 150 valence electrons. The van der Waals surface area contributed by atoms with Gasteiger partial charge in [0.15, 0.2) is 11.5 Å². The summed E-state index contributed by atoms with van der Waals surface area (Å²) in [4.78, 5) is 14.4. The summed E-state index contributed by atoms with van der Waals surface area (Å²) in [6.45, 7) is 4.37. The molecule has 8 nitrogen and oxygen atoms in total. The Kier molecular flexibility index (Phi) is 6.18. The predicted molar refractivity (Wildman–Crippen MR) is 105 cm³/mol. The molecule has 1 amide bonds. The number of nitrogens with one attached hydrogen (secondary N) is 1. The van der Waals surface area contributed by atoms with Gasteiger partial charge in [0.1, 0.15) is 0 Å². The van der Waals surface area contributed by atoms with Crippen LogP contribution in [0.5, 0.6) is 11.5 Å². The number of nitrogens with two attached hydrogens (primary N) is 1. The smallest absolute Gasteiger partial charge is 0.238 e. The van der Waals surface area contributed by atoms with Gasteiger partial charge in [-0.05, 0) is 48.5 Å². The monoisotopic (exact) mass is 405 g/mol. The van der Waals surface area contributed by atoms with E-state index in [1.54, 1.807) is 0 Å². The molecule has 2 aromatic carbocycles. The van der Waals surface area contributed by atoms with Gasteiger partial charge < -0.3 is 14.8 Å². The van der Waals surface area contributed by atoms with E-state index < -0.39 is 10.0 Å². The van der Waals surface area contributed by atoms with Crippen LogP contribution in [0.2, 0.25) is 0 Å². The van der Waals surface area contributed by atoms with Gasteiger partial charge in [0.05, 0.1) is 4.90 Å². The minimum absolute atomic E-state index is 0.00591. The maximum atomic E-state index is 12.2. The zero-order chi connectivity index (χ0) is 20.1. The number of hydrogen-bond donors (Lipinski definition) is 2. The Balaban J connectivity index is 1.51. The van der Waals surface area contributed by atoms with Gasteiger partial charge in [-0.25, -0.2) is 13.6 Å². The van der Waals surface area contributed by atoms with E-state index >= 15 is 0 Å². The Morgan fingerprint density at radius 3 is 2.54 bits per heavy atom. The van der Waals surface area contributed by atoms with E-state index in [0.717, 1.165) is 23.6 Å². The number of amides is 1. The Labute approximate surface area is 164 Å². The number of primary sulfonamides is 1. The summed E-state index contributed by atoms with van der Waals surface area (Å²) in [5, 5.41) is 7.82. The highest BCUT2D eigenvalue weighted by atomic mass is 32.2. The first-order valence-electron chi connectivity index (χ1n) is 8.89. The van der Waals surface area contributed by atoms with Crippen molar-refractivity contribution in [3.05, 3.63) is 48.0 Å². The molecule has 2 aromatic rings. The third-order valence-corrected chi connectivity index (χ3v) is 5.34. The van der Waals surface area contributed by atoms with E-state index in [1.807, 2.05) is 25.1 Å². The van der Waals surface area contributed by atoms with Gasteiger partial charge in [0.25, 0.3) is 0 Å². The summed E-state index contributed by atoms with van der Waals surface area (Å²) in [7, 11) is -3.74. The Bertz CT molecular complexity index is 945. The van der Waals surface area contributed by atoms with Crippen LogP contribution < -0.4 is 19.9 Å². The fraction of sp³-hybridized carbons (Fsp3) is 0.316. The molecule has 0 saturated heterocycles. The van der Waals surface area contributed by atoms with Gasteiger partial charge in [-0.3, -0.25) is 9.69 Å². The molecule has 1 heterocycles. The zero-order valence-electron chi connectivity index (χ0n) is 15.6. The van der Waals surface area contributed by atoms with E-state index in [9.17, 15) is 13.2 Å². The van der Waals surface area contributed by atoms with Crippen LogP contribution in [0.4, 0.5) is 5.69 Å².